The first kappa shape index (κ1) is 19.1. The van der Waals surface area contributed by atoms with E-state index in [0.717, 1.165) is 6.08 Å². The average Bonchev–Trinajstić information content (AvgIpc) is 3.09. The summed E-state index contributed by atoms with van der Waals surface area (Å²) in [6.07, 6.45) is 2.46. The van der Waals surface area contributed by atoms with Gasteiger partial charge in [0.15, 0.2) is 23.3 Å². The highest BCUT2D eigenvalue weighted by molar-refractivity contribution is 6.29. The first-order chi connectivity index (χ1) is 12.8. The number of benzene rings is 1. The van der Waals surface area contributed by atoms with Crippen LogP contribution in [0.3, 0.4) is 0 Å². The fraction of sp³-hybridized carbons (Fsp3) is 0.176. The fourth-order valence-corrected chi connectivity index (χ4v) is 2.62. The van der Waals surface area contributed by atoms with Crippen LogP contribution in [0.25, 0.3) is 0 Å². The van der Waals surface area contributed by atoms with Crippen LogP contribution in [0.15, 0.2) is 30.1 Å². The zero-order chi connectivity index (χ0) is 19.7. The normalized spacial score (nSPS) is 13.6. The number of cyclic esters (lactones) is 1. The van der Waals surface area contributed by atoms with Gasteiger partial charge in [0.25, 0.3) is 0 Å². The molecule has 0 aliphatic carbocycles. The Labute approximate surface area is 154 Å². The number of hydrogen-bond acceptors (Lipinski definition) is 4. The standard InChI is InChI=1S/C17H10ClF5N2O2/c18-11-2-1-8(4-24-11)5-25(9-3-12(26)27-7-9)6-10-13(19)15(21)17(23)16(22)14(10)20/h1-4H,5-7H2. The van der Waals surface area contributed by atoms with Gasteiger partial charge in [-0.2, -0.15) is 0 Å². The molecular weight excluding hydrogens is 395 g/mol. The number of ether oxygens (including phenoxy) is 1. The van der Waals surface area contributed by atoms with Crippen LogP contribution in [-0.4, -0.2) is 22.5 Å². The van der Waals surface area contributed by atoms with E-state index in [-0.39, 0.29) is 24.0 Å². The van der Waals surface area contributed by atoms with Gasteiger partial charge in [-0.25, -0.2) is 31.7 Å². The molecule has 142 valence electrons. The molecule has 3 rings (SSSR count). The van der Waals surface area contributed by atoms with Crippen LogP contribution in [0, 0.1) is 29.1 Å². The largest absolute Gasteiger partial charge is 0.456 e. The Hall–Kier alpha value is -2.68. The zero-order valence-electron chi connectivity index (χ0n) is 13.4. The third-order valence-electron chi connectivity index (χ3n) is 3.86. The molecule has 0 fully saturated rings. The van der Waals surface area contributed by atoms with E-state index in [2.05, 4.69) is 4.98 Å². The molecule has 2 aromatic rings. The van der Waals surface area contributed by atoms with Crippen molar-refractivity contribution in [1.82, 2.24) is 9.88 Å². The highest BCUT2D eigenvalue weighted by Crippen LogP contribution is 2.27. The average molecular weight is 405 g/mol. The molecule has 0 saturated carbocycles. The molecule has 1 aliphatic heterocycles. The van der Waals surface area contributed by atoms with Crippen LogP contribution in [-0.2, 0) is 22.6 Å². The molecular formula is C17H10ClF5N2O2. The molecule has 0 saturated heterocycles. The monoisotopic (exact) mass is 404 g/mol. The summed E-state index contributed by atoms with van der Waals surface area (Å²) in [6.45, 7) is -0.918. The number of hydrogen-bond donors (Lipinski definition) is 0. The number of esters is 1. The van der Waals surface area contributed by atoms with Crippen molar-refractivity contribution in [2.24, 2.45) is 0 Å². The lowest BCUT2D eigenvalue weighted by Crippen LogP contribution is -2.25. The van der Waals surface area contributed by atoms with Crippen molar-refractivity contribution >= 4 is 17.6 Å². The minimum atomic E-state index is -2.24. The highest BCUT2D eigenvalue weighted by atomic mass is 35.5. The molecule has 0 amide bonds. The number of carbonyl (C=O) groups is 1. The van der Waals surface area contributed by atoms with Crippen molar-refractivity contribution in [1.29, 1.82) is 0 Å². The van der Waals surface area contributed by atoms with Gasteiger partial charge in [-0.05, 0) is 11.6 Å². The van der Waals surface area contributed by atoms with Crippen molar-refractivity contribution in [2.75, 3.05) is 6.61 Å². The van der Waals surface area contributed by atoms with E-state index in [1.54, 1.807) is 6.07 Å². The summed E-state index contributed by atoms with van der Waals surface area (Å²) in [6, 6.07) is 3.04. The van der Waals surface area contributed by atoms with E-state index in [1.165, 1.54) is 17.2 Å². The van der Waals surface area contributed by atoms with Crippen LogP contribution in [0.5, 0.6) is 0 Å². The van der Waals surface area contributed by atoms with E-state index in [9.17, 15) is 26.7 Å². The lowest BCUT2D eigenvalue weighted by Gasteiger charge is -2.25. The van der Waals surface area contributed by atoms with Crippen molar-refractivity contribution in [3.8, 4) is 0 Å². The minimum absolute atomic E-state index is 0.0356. The minimum Gasteiger partial charge on any atom is -0.456 e. The van der Waals surface area contributed by atoms with Gasteiger partial charge in [0.2, 0.25) is 5.82 Å². The molecule has 0 radical (unpaired) electrons. The number of nitrogens with zero attached hydrogens (tertiary/aromatic N) is 2. The van der Waals surface area contributed by atoms with Gasteiger partial charge in [0.05, 0.1) is 5.70 Å². The number of rotatable bonds is 5. The fourth-order valence-electron chi connectivity index (χ4n) is 2.51. The molecule has 2 heterocycles. The number of carbonyl (C=O) groups excluding carboxylic acids is 1. The summed E-state index contributed by atoms with van der Waals surface area (Å²) in [4.78, 5) is 16.4. The van der Waals surface area contributed by atoms with Crippen molar-refractivity contribution in [3.05, 3.63) is 75.5 Å². The maximum atomic E-state index is 14.0. The Kier molecular flexibility index (Phi) is 5.31. The highest BCUT2D eigenvalue weighted by Gasteiger charge is 2.28. The van der Waals surface area contributed by atoms with Gasteiger partial charge in [-0.3, -0.25) is 0 Å². The zero-order valence-corrected chi connectivity index (χ0v) is 14.2. The van der Waals surface area contributed by atoms with Gasteiger partial charge in [-0.15, -0.1) is 0 Å². The van der Waals surface area contributed by atoms with Crippen LogP contribution < -0.4 is 0 Å². The molecule has 0 N–H and O–H groups in total. The van der Waals surface area contributed by atoms with E-state index in [0.29, 0.717) is 5.56 Å². The Morgan fingerprint density at radius 3 is 2.15 bits per heavy atom. The molecule has 0 spiro atoms. The molecule has 0 atom stereocenters. The van der Waals surface area contributed by atoms with Crippen molar-refractivity contribution < 1.29 is 31.5 Å². The second-order valence-corrected chi connectivity index (χ2v) is 6.02. The summed E-state index contributed by atoms with van der Waals surface area (Å²) in [7, 11) is 0. The molecule has 1 aliphatic rings. The van der Waals surface area contributed by atoms with E-state index in [1.807, 2.05) is 0 Å². The molecule has 0 bridgehead atoms. The van der Waals surface area contributed by atoms with Crippen LogP contribution in [0.1, 0.15) is 11.1 Å². The summed E-state index contributed by atoms with van der Waals surface area (Å²) < 4.78 is 73.0. The Balaban J connectivity index is 1.98. The van der Waals surface area contributed by atoms with E-state index in [4.69, 9.17) is 16.3 Å². The van der Waals surface area contributed by atoms with E-state index < -0.39 is 47.2 Å². The summed E-state index contributed by atoms with van der Waals surface area (Å²) >= 11 is 5.70. The van der Waals surface area contributed by atoms with Crippen molar-refractivity contribution in [2.45, 2.75) is 13.1 Å². The van der Waals surface area contributed by atoms with Gasteiger partial charge in [0.1, 0.15) is 11.8 Å². The predicted molar refractivity (Wildman–Crippen MR) is 83.8 cm³/mol. The second kappa shape index (κ2) is 7.51. The third-order valence-corrected chi connectivity index (χ3v) is 4.09. The van der Waals surface area contributed by atoms with Crippen LogP contribution in [0.4, 0.5) is 22.0 Å². The summed E-state index contributed by atoms with van der Waals surface area (Å²) in [5.41, 5.74) is -0.268. The predicted octanol–water partition coefficient (Wildman–Crippen LogP) is 3.87. The van der Waals surface area contributed by atoms with E-state index >= 15 is 0 Å². The first-order valence-corrected chi connectivity index (χ1v) is 7.88. The van der Waals surface area contributed by atoms with Gasteiger partial charge in [0, 0.05) is 30.9 Å². The quantitative estimate of drug-likeness (QED) is 0.249. The van der Waals surface area contributed by atoms with Crippen molar-refractivity contribution in [3.63, 3.8) is 0 Å². The van der Waals surface area contributed by atoms with Gasteiger partial charge < -0.3 is 9.64 Å². The molecule has 27 heavy (non-hydrogen) atoms. The number of aromatic nitrogens is 1. The molecule has 0 unspecified atom stereocenters. The molecule has 1 aromatic carbocycles. The Morgan fingerprint density at radius 2 is 1.63 bits per heavy atom. The lowest BCUT2D eigenvalue weighted by molar-refractivity contribution is -0.135. The Morgan fingerprint density at radius 1 is 1.00 bits per heavy atom. The number of halogens is 6. The van der Waals surface area contributed by atoms with Crippen LogP contribution in [0.2, 0.25) is 5.15 Å². The SMILES string of the molecule is O=C1C=C(N(Cc2ccc(Cl)nc2)Cc2c(F)c(F)c(F)c(F)c2F)CO1. The Bertz CT molecular complexity index is 905. The third kappa shape index (κ3) is 3.87. The maximum Gasteiger partial charge on any atom is 0.333 e. The topological polar surface area (TPSA) is 42.4 Å². The summed E-state index contributed by atoms with van der Waals surface area (Å²) in [5.74, 6) is -10.9. The lowest BCUT2D eigenvalue weighted by atomic mass is 10.1. The second-order valence-electron chi connectivity index (χ2n) is 5.64. The van der Waals surface area contributed by atoms with Gasteiger partial charge in [-0.1, -0.05) is 17.7 Å². The molecule has 4 nitrogen and oxygen atoms in total. The number of pyridine rings is 1. The molecule has 10 heteroatoms. The smallest absolute Gasteiger partial charge is 0.333 e. The maximum absolute atomic E-state index is 14.0. The van der Waals surface area contributed by atoms with Crippen LogP contribution >= 0.6 is 11.6 Å². The van der Waals surface area contributed by atoms with Gasteiger partial charge >= 0.3 is 5.97 Å². The summed E-state index contributed by atoms with van der Waals surface area (Å²) in [5, 5.41) is 0.212. The molecule has 1 aromatic heterocycles. The first-order valence-electron chi connectivity index (χ1n) is 7.51.